The Balaban J connectivity index is 2.09. The van der Waals surface area contributed by atoms with Gasteiger partial charge in [0.25, 0.3) is 0 Å². The molecule has 0 fully saturated rings. The Morgan fingerprint density at radius 1 is 1.37 bits per heavy atom. The van der Waals surface area contributed by atoms with Crippen molar-refractivity contribution in [2.24, 2.45) is 5.92 Å². The summed E-state index contributed by atoms with van der Waals surface area (Å²) in [6, 6.07) is 8.54. The maximum atomic E-state index is 12.6. The first-order valence-electron chi connectivity index (χ1n) is 7.11. The van der Waals surface area contributed by atoms with Crippen LogP contribution < -0.4 is 0 Å². The van der Waals surface area contributed by atoms with E-state index in [1.54, 1.807) is 4.90 Å². The van der Waals surface area contributed by atoms with Gasteiger partial charge in [-0.25, -0.2) is 0 Å². The zero-order valence-corrected chi connectivity index (χ0v) is 11.8. The Bertz CT molecular complexity index is 442. The van der Waals surface area contributed by atoms with Gasteiger partial charge in [-0.15, -0.1) is 0 Å². The van der Waals surface area contributed by atoms with Crippen molar-refractivity contribution in [2.45, 2.75) is 39.2 Å². The van der Waals surface area contributed by atoms with E-state index in [1.807, 2.05) is 19.9 Å². The van der Waals surface area contributed by atoms with E-state index in [0.717, 1.165) is 19.3 Å². The Hall–Kier alpha value is -1.35. The molecule has 0 radical (unpaired) electrons. The lowest BCUT2D eigenvalue weighted by Crippen LogP contribution is -2.44. The molecule has 2 rings (SSSR count). The number of benzene rings is 1. The molecule has 3 nitrogen and oxygen atoms in total. The molecule has 1 aliphatic carbocycles. The third kappa shape index (κ3) is 3.16. The average molecular weight is 261 g/mol. The van der Waals surface area contributed by atoms with Gasteiger partial charge in [0.05, 0.1) is 6.61 Å². The molecule has 0 aromatic heterocycles. The van der Waals surface area contributed by atoms with Gasteiger partial charge < -0.3 is 10.0 Å². The molecule has 1 unspecified atom stereocenters. The molecule has 0 saturated heterocycles. The number of nitrogens with zero attached hydrogens (tertiary/aromatic N) is 1. The number of aliphatic hydroxyl groups excluding tert-OH is 1. The van der Waals surface area contributed by atoms with Crippen molar-refractivity contribution in [3.05, 3.63) is 35.4 Å². The number of rotatable bonds is 4. The molecule has 3 heteroatoms. The standard InChI is InChI=1S/C16H23NO2/c1-12(2)17(9-10-18)16(19)15-8-7-13-5-3-4-6-14(13)11-15/h3-6,12,15,18H,7-11H2,1-2H3. The normalized spacial score (nSPS) is 18.2. The second-order valence-electron chi connectivity index (χ2n) is 5.56. The van der Waals surface area contributed by atoms with E-state index in [2.05, 4.69) is 18.2 Å². The number of amides is 1. The van der Waals surface area contributed by atoms with E-state index in [9.17, 15) is 4.79 Å². The van der Waals surface area contributed by atoms with Crippen LogP contribution in [-0.2, 0) is 17.6 Å². The Labute approximate surface area is 115 Å². The largest absolute Gasteiger partial charge is 0.395 e. The van der Waals surface area contributed by atoms with Crippen molar-refractivity contribution in [3.63, 3.8) is 0 Å². The summed E-state index contributed by atoms with van der Waals surface area (Å²) in [6.45, 7) is 4.48. The van der Waals surface area contributed by atoms with Gasteiger partial charge in [0.2, 0.25) is 5.91 Å². The average Bonchev–Trinajstić information content (AvgIpc) is 2.43. The first-order chi connectivity index (χ1) is 9.13. The molecule has 1 aromatic carbocycles. The third-order valence-electron chi connectivity index (χ3n) is 3.94. The Morgan fingerprint density at radius 2 is 2.05 bits per heavy atom. The van der Waals surface area contributed by atoms with Crippen molar-refractivity contribution >= 4 is 5.91 Å². The molecule has 1 aromatic rings. The lowest BCUT2D eigenvalue weighted by molar-refractivity contribution is -0.138. The van der Waals surface area contributed by atoms with Gasteiger partial charge in [0, 0.05) is 18.5 Å². The van der Waals surface area contributed by atoms with Crippen LogP contribution in [0.2, 0.25) is 0 Å². The Morgan fingerprint density at radius 3 is 2.68 bits per heavy atom. The number of fused-ring (bicyclic) bond motifs is 1. The molecule has 0 saturated carbocycles. The molecule has 19 heavy (non-hydrogen) atoms. The summed E-state index contributed by atoms with van der Waals surface area (Å²) in [7, 11) is 0. The molecule has 1 N–H and O–H groups in total. The summed E-state index contributed by atoms with van der Waals surface area (Å²) < 4.78 is 0. The van der Waals surface area contributed by atoms with Crippen molar-refractivity contribution in [3.8, 4) is 0 Å². The van der Waals surface area contributed by atoms with Crippen LogP contribution in [-0.4, -0.2) is 35.1 Å². The van der Waals surface area contributed by atoms with Gasteiger partial charge >= 0.3 is 0 Å². The van der Waals surface area contributed by atoms with Crippen LogP contribution in [0.1, 0.15) is 31.4 Å². The summed E-state index contributed by atoms with van der Waals surface area (Å²) in [6.07, 6.45) is 2.74. The minimum absolute atomic E-state index is 0.0349. The first-order valence-corrected chi connectivity index (χ1v) is 7.11. The van der Waals surface area contributed by atoms with Crippen LogP contribution in [0.3, 0.4) is 0 Å². The molecule has 1 amide bonds. The number of carbonyl (C=O) groups excluding carboxylic acids is 1. The molecule has 0 bridgehead atoms. The van der Waals surface area contributed by atoms with E-state index in [0.29, 0.717) is 6.54 Å². The molecule has 104 valence electrons. The van der Waals surface area contributed by atoms with E-state index in [4.69, 9.17) is 5.11 Å². The van der Waals surface area contributed by atoms with Gasteiger partial charge in [0.1, 0.15) is 0 Å². The summed E-state index contributed by atoms with van der Waals surface area (Å²) in [5, 5.41) is 9.10. The molecule has 1 atom stereocenters. The number of hydrogen-bond donors (Lipinski definition) is 1. The summed E-state index contributed by atoms with van der Waals surface area (Å²) >= 11 is 0. The molecular weight excluding hydrogens is 238 g/mol. The maximum Gasteiger partial charge on any atom is 0.226 e. The highest BCUT2D eigenvalue weighted by Crippen LogP contribution is 2.27. The van der Waals surface area contributed by atoms with Crippen LogP contribution >= 0.6 is 0 Å². The van der Waals surface area contributed by atoms with Crippen LogP contribution in [0.25, 0.3) is 0 Å². The van der Waals surface area contributed by atoms with Gasteiger partial charge in [0.15, 0.2) is 0 Å². The highest BCUT2D eigenvalue weighted by Gasteiger charge is 2.29. The van der Waals surface area contributed by atoms with Gasteiger partial charge in [-0.3, -0.25) is 4.79 Å². The minimum Gasteiger partial charge on any atom is -0.395 e. The zero-order chi connectivity index (χ0) is 13.8. The third-order valence-corrected chi connectivity index (χ3v) is 3.94. The summed E-state index contributed by atoms with van der Waals surface area (Å²) in [4.78, 5) is 14.4. The quantitative estimate of drug-likeness (QED) is 0.901. The maximum absolute atomic E-state index is 12.6. The second kappa shape index (κ2) is 6.20. The van der Waals surface area contributed by atoms with Crippen LogP contribution in [0.15, 0.2) is 24.3 Å². The predicted molar refractivity (Wildman–Crippen MR) is 75.9 cm³/mol. The van der Waals surface area contributed by atoms with Crippen LogP contribution in [0.4, 0.5) is 0 Å². The molecular formula is C16H23NO2. The Kier molecular flexibility index (Phi) is 4.59. The van der Waals surface area contributed by atoms with Crippen LogP contribution in [0, 0.1) is 5.92 Å². The van der Waals surface area contributed by atoms with E-state index in [-0.39, 0.29) is 24.5 Å². The lowest BCUT2D eigenvalue weighted by Gasteiger charge is -2.32. The smallest absolute Gasteiger partial charge is 0.226 e. The van der Waals surface area contributed by atoms with Gasteiger partial charge in [-0.1, -0.05) is 24.3 Å². The summed E-state index contributed by atoms with van der Waals surface area (Å²) in [5.74, 6) is 0.266. The number of aryl methyl sites for hydroxylation is 1. The van der Waals surface area contributed by atoms with Crippen molar-refractivity contribution in [2.75, 3.05) is 13.2 Å². The van der Waals surface area contributed by atoms with Gasteiger partial charge in [-0.2, -0.15) is 0 Å². The highest BCUT2D eigenvalue weighted by atomic mass is 16.3. The van der Waals surface area contributed by atoms with Crippen molar-refractivity contribution in [1.29, 1.82) is 0 Å². The van der Waals surface area contributed by atoms with E-state index < -0.39 is 0 Å². The van der Waals surface area contributed by atoms with Crippen molar-refractivity contribution < 1.29 is 9.90 Å². The number of carbonyl (C=O) groups is 1. The van der Waals surface area contributed by atoms with E-state index >= 15 is 0 Å². The molecule has 0 aliphatic heterocycles. The highest BCUT2D eigenvalue weighted by molar-refractivity contribution is 5.79. The minimum atomic E-state index is 0.0349. The van der Waals surface area contributed by atoms with Crippen LogP contribution in [0.5, 0.6) is 0 Å². The fourth-order valence-corrected chi connectivity index (χ4v) is 2.87. The topological polar surface area (TPSA) is 40.5 Å². The van der Waals surface area contributed by atoms with Gasteiger partial charge in [-0.05, 0) is 44.2 Å². The molecule has 0 spiro atoms. The molecule has 0 heterocycles. The monoisotopic (exact) mass is 261 g/mol. The zero-order valence-electron chi connectivity index (χ0n) is 11.8. The first kappa shape index (κ1) is 14.1. The van der Waals surface area contributed by atoms with E-state index in [1.165, 1.54) is 11.1 Å². The lowest BCUT2D eigenvalue weighted by atomic mass is 9.83. The van der Waals surface area contributed by atoms with Crippen molar-refractivity contribution in [1.82, 2.24) is 4.90 Å². The number of hydrogen-bond acceptors (Lipinski definition) is 2. The molecule has 1 aliphatic rings. The second-order valence-corrected chi connectivity index (χ2v) is 5.56. The fraction of sp³-hybridized carbons (Fsp3) is 0.562. The SMILES string of the molecule is CC(C)N(CCO)C(=O)C1CCc2ccccc2C1. The number of aliphatic hydroxyl groups is 1. The summed E-state index contributed by atoms with van der Waals surface area (Å²) in [5.41, 5.74) is 2.68. The predicted octanol–water partition coefficient (Wildman–Crippen LogP) is 2.02. The fourth-order valence-electron chi connectivity index (χ4n) is 2.87.